The number of carboxylic acids is 3. The normalized spacial score (nSPS) is 10.8. The van der Waals surface area contributed by atoms with Crippen molar-refractivity contribution in [1.82, 2.24) is 0 Å². The number of halogens is 9. The molecule has 0 amide bonds. The summed E-state index contributed by atoms with van der Waals surface area (Å²) in [6.07, 6.45) is -15.6. The molecule has 0 aromatic carbocycles. The molecular weight excluding hydrogens is 478 g/mol. The standard InChI is InChI=1S/3C2HF3O2.La/c3*3-2(4,5)1(6)7;/h3*(H,6,7);/q;;;+3/p-3. The Hall–Kier alpha value is -1.03. The van der Waals surface area contributed by atoms with Gasteiger partial charge in [0.25, 0.3) is 0 Å². The molecule has 0 aliphatic rings. The summed E-state index contributed by atoms with van der Waals surface area (Å²) < 4.78 is 94.6. The van der Waals surface area contributed by atoms with Gasteiger partial charge in [0.2, 0.25) is 0 Å². The Labute approximate surface area is 141 Å². The fraction of sp³-hybridized carbons (Fsp3) is 0.500. The van der Waals surface area contributed by atoms with Crippen LogP contribution in [0.25, 0.3) is 0 Å². The molecule has 0 saturated carbocycles. The maximum atomic E-state index is 10.5. The van der Waals surface area contributed by atoms with E-state index in [0.717, 1.165) is 0 Å². The number of carboxylic acid groups (broad SMARTS) is 3. The average molecular weight is 478 g/mol. The van der Waals surface area contributed by atoms with Crippen LogP contribution in [0.1, 0.15) is 0 Å². The molecule has 0 aromatic rings. The molecule has 126 valence electrons. The van der Waals surface area contributed by atoms with E-state index in [1.807, 2.05) is 0 Å². The van der Waals surface area contributed by atoms with Gasteiger partial charge in [-0.3, -0.25) is 0 Å². The molecule has 6 nitrogen and oxygen atoms in total. The Morgan fingerprint density at radius 1 is 0.500 bits per heavy atom. The Balaban J connectivity index is -0.000000108. The Morgan fingerprint density at radius 2 is 0.545 bits per heavy atom. The van der Waals surface area contributed by atoms with Gasteiger partial charge in [0.15, 0.2) is 0 Å². The molecule has 22 heavy (non-hydrogen) atoms. The van der Waals surface area contributed by atoms with Gasteiger partial charge < -0.3 is 29.7 Å². The summed E-state index contributed by atoms with van der Waals surface area (Å²) in [7, 11) is 0. The van der Waals surface area contributed by atoms with Crippen molar-refractivity contribution in [3.8, 4) is 0 Å². The smallest absolute Gasteiger partial charge is 0.542 e. The Kier molecular flexibility index (Phi) is 14.1. The largest absolute Gasteiger partial charge is 3.00 e. The summed E-state index contributed by atoms with van der Waals surface area (Å²) in [5, 5.41) is 26.4. The number of hydrogen-bond acceptors (Lipinski definition) is 6. The van der Waals surface area contributed by atoms with Crippen LogP contribution in [0.3, 0.4) is 0 Å². The number of rotatable bonds is 0. The first-order valence-electron chi connectivity index (χ1n) is 3.68. The molecule has 0 N–H and O–H groups in total. The number of aliphatic carboxylic acids is 3. The summed E-state index contributed by atoms with van der Waals surface area (Å²) in [5.74, 6) is -9.02. The summed E-state index contributed by atoms with van der Waals surface area (Å²) >= 11 is 0. The van der Waals surface area contributed by atoms with Gasteiger partial charge in [-0.05, 0) is 0 Å². The fourth-order valence-electron chi connectivity index (χ4n) is 0. The van der Waals surface area contributed by atoms with Crippen molar-refractivity contribution in [2.45, 2.75) is 18.5 Å². The van der Waals surface area contributed by atoms with Crippen molar-refractivity contribution in [3.63, 3.8) is 0 Å². The van der Waals surface area contributed by atoms with E-state index >= 15 is 0 Å². The summed E-state index contributed by atoms with van der Waals surface area (Å²) in [4.78, 5) is 26.4. The molecule has 0 unspecified atom stereocenters. The summed E-state index contributed by atoms with van der Waals surface area (Å²) in [6.45, 7) is 0. The Morgan fingerprint density at radius 3 is 0.545 bits per heavy atom. The molecular formula is C6F9LaO6. The molecule has 0 radical (unpaired) electrons. The van der Waals surface area contributed by atoms with E-state index in [9.17, 15) is 39.5 Å². The molecule has 0 rings (SSSR count). The van der Waals surface area contributed by atoms with Crippen molar-refractivity contribution in [2.75, 3.05) is 0 Å². The van der Waals surface area contributed by atoms with E-state index in [2.05, 4.69) is 0 Å². The van der Waals surface area contributed by atoms with E-state index < -0.39 is 36.4 Å². The van der Waals surface area contributed by atoms with Crippen LogP contribution in [0, 0.1) is 35.6 Å². The Bertz CT molecular complexity index is 313. The summed E-state index contributed by atoms with van der Waals surface area (Å²) in [5.41, 5.74) is 0. The van der Waals surface area contributed by atoms with E-state index in [4.69, 9.17) is 29.7 Å². The minimum Gasteiger partial charge on any atom is -0.542 e. The maximum absolute atomic E-state index is 10.5. The molecule has 0 heterocycles. The van der Waals surface area contributed by atoms with Gasteiger partial charge in [0.1, 0.15) is 17.9 Å². The molecule has 16 heteroatoms. The first kappa shape index (κ1) is 29.0. The zero-order valence-electron chi connectivity index (χ0n) is 9.43. The minimum atomic E-state index is -5.19. The van der Waals surface area contributed by atoms with E-state index in [-0.39, 0.29) is 35.6 Å². The molecule has 0 aliphatic carbocycles. The number of hydrogen-bond donors (Lipinski definition) is 0. The van der Waals surface area contributed by atoms with Crippen LogP contribution in [-0.2, 0) is 14.4 Å². The quantitative estimate of drug-likeness (QED) is 0.368. The predicted octanol–water partition coefficient (Wildman–Crippen LogP) is -2.10. The second kappa shape index (κ2) is 10.7. The van der Waals surface area contributed by atoms with Gasteiger partial charge in [0.05, 0.1) is 0 Å². The summed E-state index contributed by atoms with van der Waals surface area (Å²) in [6, 6.07) is 0. The third-order valence-corrected chi connectivity index (χ3v) is 0.694. The van der Waals surface area contributed by atoms with Crippen molar-refractivity contribution in [2.24, 2.45) is 0 Å². The maximum Gasteiger partial charge on any atom is 3.00 e. The topological polar surface area (TPSA) is 120 Å². The van der Waals surface area contributed by atoms with Gasteiger partial charge >= 0.3 is 54.1 Å². The van der Waals surface area contributed by atoms with Crippen LogP contribution in [0.5, 0.6) is 0 Å². The zero-order valence-corrected chi connectivity index (χ0v) is 13.1. The molecule has 0 saturated heterocycles. The first-order chi connectivity index (χ1) is 8.83. The van der Waals surface area contributed by atoms with Crippen LogP contribution < -0.4 is 15.3 Å². The number of carbonyl (C=O) groups excluding carboxylic acids is 3. The van der Waals surface area contributed by atoms with Gasteiger partial charge in [-0.2, -0.15) is 39.5 Å². The van der Waals surface area contributed by atoms with Crippen molar-refractivity contribution >= 4 is 17.9 Å². The second-order valence-corrected chi connectivity index (χ2v) is 2.36. The molecule has 0 aliphatic heterocycles. The van der Waals surface area contributed by atoms with Gasteiger partial charge in [-0.25, -0.2) is 0 Å². The fourth-order valence-corrected chi connectivity index (χ4v) is 0. The third-order valence-electron chi connectivity index (χ3n) is 0.694. The molecule has 0 spiro atoms. The van der Waals surface area contributed by atoms with Gasteiger partial charge in [-0.1, -0.05) is 0 Å². The van der Waals surface area contributed by atoms with Crippen LogP contribution in [-0.4, -0.2) is 36.4 Å². The molecule has 0 atom stereocenters. The zero-order chi connectivity index (χ0) is 18.2. The van der Waals surface area contributed by atoms with E-state index in [0.29, 0.717) is 0 Å². The van der Waals surface area contributed by atoms with E-state index in [1.54, 1.807) is 0 Å². The first-order valence-corrected chi connectivity index (χ1v) is 3.68. The third kappa shape index (κ3) is 21.3. The molecule has 0 aromatic heterocycles. The van der Waals surface area contributed by atoms with Crippen LogP contribution >= 0.6 is 0 Å². The van der Waals surface area contributed by atoms with Gasteiger partial charge in [0, 0.05) is 0 Å². The predicted molar refractivity (Wildman–Crippen MR) is 33.2 cm³/mol. The van der Waals surface area contributed by atoms with Crippen LogP contribution in [0.2, 0.25) is 0 Å². The van der Waals surface area contributed by atoms with Crippen molar-refractivity contribution in [1.29, 1.82) is 0 Å². The van der Waals surface area contributed by atoms with Crippen molar-refractivity contribution in [3.05, 3.63) is 0 Å². The van der Waals surface area contributed by atoms with E-state index in [1.165, 1.54) is 0 Å². The van der Waals surface area contributed by atoms with Crippen molar-refractivity contribution < 1.29 is 105 Å². The van der Waals surface area contributed by atoms with Crippen LogP contribution in [0.4, 0.5) is 39.5 Å². The molecule has 0 bridgehead atoms. The number of carbonyl (C=O) groups is 3. The van der Waals surface area contributed by atoms with Crippen LogP contribution in [0.15, 0.2) is 0 Å². The second-order valence-electron chi connectivity index (χ2n) is 2.36. The van der Waals surface area contributed by atoms with Gasteiger partial charge in [-0.15, -0.1) is 0 Å². The molecule has 0 fully saturated rings. The average Bonchev–Trinajstić information content (AvgIpc) is 2.14. The monoisotopic (exact) mass is 478 g/mol. The number of alkyl halides is 9. The SMILES string of the molecule is O=C([O-])C(F)(F)F.O=C([O-])C(F)(F)F.O=C([O-])C(F)(F)F.[La+3]. The minimum absolute atomic E-state index is 0.